The van der Waals surface area contributed by atoms with Gasteiger partial charge in [-0.2, -0.15) is 0 Å². The number of halogens is 1. The summed E-state index contributed by atoms with van der Waals surface area (Å²) in [6.45, 7) is 6.21. The highest BCUT2D eigenvalue weighted by atomic mass is 35.5. The average molecular weight is 381 g/mol. The van der Waals surface area contributed by atoms with Crippen LogP contribution in [-0.4, -0.2) is 43.6 Å². The molecule has 1 N–H and O–H groups in total. The number of amides is 1. The molecule has 1 aromatic carbocycles. The number of fused-ring (bicyclic) bond motifs is 1. The third-order valence-electron chi connectivity index (χ3n) is 4.80. The number of carbonyl (C=O) groups excluding carboxylic acids is 1. The maximum absolute atomic E-state index is 12.4. The molecule has 6 nitrogen and oxygen atoms in total. The van der Waals surface area contributed by atoms with Crippen molar-refractivity contribution in [3.05, 3.63) is 39.7 Å². The summed E-state index contributed by atoms with van der Waals surface area (Å²) in [7, 11) is 1.57. The predicted octanol–water partition coefficient (Wildman–Crippen LogP) is 2.28. The van der Waals surface area contributed by atoms with E-state index in [1.807, 2.05) is 24.0 Å². The van der Waals surface area contributed by atoms with Crippen LogP contribution in [0.1, 0.15) is 24.5 Å². The number of carbonyl (C=O) groups is 1. The lowest BCUT2D eigenvalue weighted by atomic mass is 10.0. The van der Waals surface area contributed by atoms with E-state index in [4.69, 9.17) is 9.15 Å². The van der Waals surface area contributed by atoms with Crippen molar-refractivity contribution >= 4 is 29.3 Å². The maximum atomic E-state index is 12.4. The lowest BCUT2D eigenvalue weighted by Gasteiger charge is -2.32. The number of benzene rings is 1. The van der Waals surface area contributed by atoms with E-state index >= 15 is 0 Å². The molecule has 1 atom stereocenters. The van der Waals surface area contributed by atoms with Crippen molar-refractivity contribution in [3.63, 3.8) is 0 Å². The molecule has 142 valence electrons. The van der Waals surface area contributed by atoms with Crippen LogP contribution in [0.25, 0.3) is 11.0 Å². The van der Waals surface area contributed by atoms with Crippen molar-refractivity contribution in [3.8, 4) is 5.75 Å². The molecule has 1 saturated heterocycles. The van der Waals surface area contributed by atoms with Gasteiger partial charge in [-0.05, 0) is 38.0 Å². The number of hydrogen-bond donors (Lipinski definition) is 1. The number of methoxy groups -OCH3 is 1. The molecule has 1 amide bonds. The van der Waals surface area contributed by atoms with E-state index in [0.29, 0.717) is 48.9 Å². The van der Waals surface area contributed by atoms with Gasteiger partial charge in [0.15, 0.2) is 0 Å². The molecule has 0 radical (unpaired) electrons. The molecule has 0 saturated carbocycles. The van der Waals surface area contributed by atoms with Gasteiger partial charge in [0, 0.05) is 49.1 Å². The van der Waals surface area contributed by atoms with Crippen molar-refractivity contribution < 1.29 is 13.9 Å². The van der Waals surface area contributed by atoms with Crippen molar-refractivity contribution in [1.29, 1.82) is 0 Å². The van der Waals surface area contributed by atoms with Gasteiger partial charge in [-0.15, -0.1) is 12.4 Å². The van der Waals surface area contributed by atoms with Gasteiger partial charge in [0.2, 0.25) is 5.91 Å². The summed E-state index contributed by atoms with van der Waals surface area (Å²) in [5.41, 5.74) is 1.58. The van der Waals surface area contributed by atoms with Crippen LogP contribution in [0.2, 0.25) is 0 Å². The summed E-state index contributed by atoms with van der Waals surface area (Å²) >= 11 is 0. The fraction of sp³-hybridized carbons (Fsp3) is 0.474. The molecule has 2 heterocycles. The Kier molecular flexibility index (Phi) is 6.67. The first-order valence-electron chi connectivity index (χ1n) is 8.61. The minimum absolute atomic E-state index is 0. The second-order valence-electron chi connectivity index (χ2n) is 6.55. The summed E-state index contributed by atoms with van der Waals surface area (Å²) in [5, 5.41) is 4.19. The van der Waals surface area contributed by atoms with E-state index in [0.717, 1.165) is 17.5 Å². The molecule has 1 aromatic heterocycles. The van der Waals surface area contributed by atoms with Crippen molar-refractivity contribution in [2.45, 2.75) is 32.7 Å². The summed E-state index contributed by atoms with van der Waals surface area (Å²) in [6.07, 6.45) is 0.716. The largest absolute Gasteiger partial charge is 0.497 e. The monoisotopic (exact) mass is 380 g/mol. The van der Waals surface area contributed by atoms with Crippen LogP contribution in [0.4, 0.5) is 0 Å². The Morgan fingerprint density at radius 3 is 2.88 bits per heavy atom. The first-order chi connectivity index (χ1) is 12.0. The zero-order valence-electron chi connectivity index (χ0n) is 15.3. The van der Waals surface area contributed by atoms with Gasteiger partial charge in [0.25, 0.3) is 0 Å². The zero-order chi connectivity index (χ0) is 18.0. The van der Waals surface area contributed by atoms with Gasteiger partial charge < -0.3 is 19.4 Å². The zero-order valence-corrected chi connectivity index (χ0v) is 16.1. The highest BCUT2D eigenvalue weighted by molar-refractivity contribution is 5.85. The van der Waals surface area contributed by atoms with Crippen LogP contribution in [0, 0.1) is 6.92 Å². The second kappa shape index (κ2) is 8.56. The predicted molar refractivity (Wildman–Crippen MR) is 103 cm³/mol. The van der Waals surface area contributed by atoms with Crippen molar-refractivity contribution in [2.75, 3.05) is 26.7 Å². The van der Waals surface area contributed by atoms with E-state index in [2.05, 4.69) is 12.2 Å². The topological polar surface area (TPSA) is 71.8 Å². The molecule has 1 fully saturated rings. The number of hydrogen-bond acceptors (Lipinski definition) is 5. The molecule has 0 spiro atoms. The highest BCUT2D eigenvalue weighted by Crippen LogP contribution is 2.24. The van der Waals surface area contributed by atoms with Gasteiger partial charge in [-0.1, -0.05) is 0 Å². The van der Waals surface area contributed by atoms with Crippen LogP contribution in [0.15, 0.2) is 27.4 Å². The Bertz CT molecular complexity index is 849. The van der Waals surface area contributed by atoms with Gasteiger partial charge in [0.05, 0.1) is 7.11 Å². The minimum Gasteiger partial charge on any atom is -0.497 e. The molecule has 1 aliphatic rings. The van der Waals surface area contributed by atoms with Crippen molar-refractivity contribution in [2.24, 2.45) is 0 Å². The number of nitrogens with zero attached hydrogens (tertiary/aromatic N) is 1. The third kappa shape index (κ3) is 4.19. The molecule has 7 heteroatoms. The maximum Gasteiger partial charge on any atom is 0.339 e. The first-order valence-corrected chi connectivity index (χ1v) is 8.61. The Morgan fingerprint density at radius 2 is 2.19 bits per heavy atom. The van der Waals surface area contributed by atoms with Gasteiger partial charge in [-0.25, -0.2) is 4.79 Å². The number of rotatable bonds is 4. The quantitative estimate of drug-likeness (QED) is 0.824. The molecule has 0 bridgehead atoms. The van der Waals surface area contributed by atoms with Crippen LogP contribution in [-0.2, 0) is 11.2 Å². The fourth-order valence-electron chi connectivity index (χ4n) is 3.34. The molecular formula is C19H25ClN2O4. The number of piperazine rings is 1. The average Bonchev–Trinajstić information content (AvgIpc) is 2.60. The minimum atomic E-state index is -0.375. The normalized spacial score (nSPS) is 17.0. The molecule has 3 rings (SSSR count). The van der Waals surface area contributed by atoms with Gasteiger partial charge >= 0.3 is 5.63 Å². The standard InChI is InChI=1S/C19H24N2O4.ClH/c1-12-11-21(9-8-20-12)18(22)7-6-16-13(2)15-5-4-14(24-3)10-17(15)25-19(16)23;/h4-5,10,12,20H,6-9,11H2,1-3H3;1H. The second-order valence-corrected chi connectivity index (χ2v) is 6.55. The lowest BCUT2D eigenvalue weighted by molar-refractivity contribution is -0.132. The number of nitrogens with one attached hydrogen (secondary N) is 1. The van der Waals surface area contributed by atoms with Crippen molar-refractivity contribution in [1.82, 2.24) is 10.2 Å². The van der Waals surface area contributed by atoms with Crippen LogP contribution < -0.4 is 15.7 Å². The summed E-state index contributed by atoms with van der Waals surface area (Å²) in [4.78, 5) is 26.7. The van der Waals surface area contributed by atoms with E-state index in [1.54, 1.807) is 13.2 Å². The highest BCUT2D eigenvalue weighted by Gasteiger charge is 2.21. The van der Waals surface area contributed by atoms with Crippen LogP contribution >= 0.6 is 12.4 Å². The molecule has 26 heavy (non-hydrogen) atoms. The molecule has 1 aliphatic heterocycles. The SMILES string of the molecule is COc1ccc2c(C)c(CCC(=O)N3CCNC(C)C3)c(=O)oc2c1.Cl. The Balaban J connectivity index is 0.00000243. The summed E-state index contributed by atoms with van der Waals surface area (Å²) in [5.74, 6) is 0.729. The Hall–Kier alpha value is -2.05. The van der Waals surface area contributed by atoms with E-state index < -0.39 is 0 Å². The molecule has 2 aromatic rings. The Labute approximate surface area is 158 Å². The summed E-state index contributed by atoms with van der Waals surface area (Å²) < 4.78 is 10.6. The third-order valence-corrected chi connectivity index (χ3v) is 4.80. The van der Waals surface area contributed by atoms with E-state index in [9.17, 15) is 9.59 Å². The van der Waals surface area contributed by atoms with Gasteiger partial charge in [-0.3, -0.25) is 4.79 Å². The lowest BCUT2D eigenvalue weighted by Crippen LogP contribution is -2.51. The first kappa shape index (κ1) is 20.3. The molecular weight excluding hydrogens is 356 g/mol. The smallest absolute Gasteiger partial charge is 0.339 e. The van der Waals surface area contributed by atoms with Crippen LogP contribution in [0.3, 0.4) is 0 Å². The van der Waals surface area contributed by atoms with Crippen LogP contribution in [0.5, 0.6) is 5.75 Å². The van der Waals surface area contributed by atoms with Gasteiger partial charge in [0.1, 0.15) is 11.3 Å². The van der Waals surface area contributed by atoms with E-state index in [-0.39, 0.29) is 23.9 Å². The molecule has 0 aliphatic carbocycles. The Morgan fingerprint density at radius 1 is 1.42 bits per heavy atom. The summed E-state index contributed by atoms with van der Waals surface area (Å²) in [6, 6.07) is 5.74. The number of ether oxygens (including phenoxy) is 1. The number of aryl methyl sites for hydroxylation is 1. The molecule has 1 unspecified atom stereocenters. The van der Waals surface area contributed by atoms with E-state index in [1.165, 1.54) is 0 Å². The fourth-order valence-corrected chi connectivity index (χ4v) is 3.34.